The first-order chi connectivity index (χ1) is 23.0. The zero-order valence-corrected chi connectivity index (χ0v) is 26.5. The molecule has 1 fully saturated rings. The van der Waals surface area contributed by atoms with Gasteiger partial charge in [-0.05, 0) is 72.1 Å². The van der Waals surface area contributed by atoms with Crippen LogP contribution in [0.15, 0.2) is 95.4 Å². The molecule has 250 valence electrons. The summed E-state index contributed by atoms with van der Waals surface area (Å²) in [5.74, 6) is -3.70. The number of para-hydroxylation sites is 2. The Morgan fingerprint density at radius 1 is 0.938 bits per heavy atom. The Morgan fingerprint density at radius 3 is 2.23 bits per heavy atom. The van der Waals surface area contributed by atoms with Gasteiger partial charge in [0.25, 0.3) is 5.91 Å². The zero-order chi connectivity index (χ0) is 34.0. The van der Waals surface area contributed by atoms with Crippen molar-refractivity contribution in [2.45, 2.75) is 64.0 Å². The molecule has 6 rings (SSSR count). The van der Waals surface area contributed by atoms with Gasteiger partial charge in [-0.25, -0.2) is 0 Å². The summed E-state index contributed by atoms with van der Waals surface area (Å²) < 4.78 is 52.5. The van der Waals surface area contributed by atoms with E-state index >= 15 is 0 Å². The van der Waals surface area contributed by atoms with Crippen molar-refractivity contribution < 1.29 is 36.7 Å². The number of nitrogens with one attached hydrogen (secondary N) is 2. The summed E-state index contributed by atoms with van der Waals surface area (Å²) in [6.07, 6.45) is -3.62. The van der Waals surface area contributed by atoms with E-state index < -0.39 is 53.5 Å². The lowest BCUT2D eigenvalue weighted by atomic mass is 9.88. The highest BCUT2D eigenvalue weighted by Crippen LogP contribution is 2.39. The van der Waals surface area contributed by atoms with Gasteiger partial charge < -0.3 is 24.7 Å². The third-order valence-electron chi connectivity index (χ3n) is 8.79. The summed E-state index contributed by atoms with van der Waals surface area (Å²) in [7, 11) is 0. The Labute approximate surface area is 276 Å². The Kier molecular flexibility index (Phi) is 9.30. The van der Waals surface area contributed by atoms with E-state index in [1.807, 2.05) is 68.4 Å². The summed E-state index contributed by atoms with van der Waals surface area (Å²) >= 11 is 0. The van der Waals surface area contributed by atoms with Crippen molar-refractivity contribution >= 4 is 23.4 Å². The smallest absolute Gasteiger partial charge is 0.449 e. The van der Waals surface area contributed by atoms with Gasteiger partial charge >= 0.3 is 6.18 Å². The maximum Gasteiger partial charge on any atom is 0.449 e. The molecule has 4 aromatic rings. The number of hydrogen-bond donors (Lipinski definition) is 2. The number of anilines is 1. The summed E-state index contributed by atoms with van der Waals surface area (Å²) in [4.78, 5) is 43.8. The zero-order valence-electron chi connectivity index (χ0n) is 26.5. The van der Waals surface area contributed by atoms with Gasteiger partial charge in [-0.2, -0.15) is 13.2 Å². The van der Waals surface area contributed by atoms with E-state index in [0.29, 0.717) is 18.6 Å². The van der Waals surface area contributed by atoms with Gasteiger partial charge in [-0.15, -0.1) is 0 Å². The minimum atomic E-state index is -4.84. The van der Waals surface area contributed by atoms with Crippen LogP contribution in [-0.2, 0) is 40.0 Å². The number of amides is 3. The molecule has 11 heteroatoms. The molecular weight excluding hydrogens is 623 g/mol. The minimum absolute atomic E-state index is 0.0958. The fourth-order valence-electron chi connectivity index (χ4n) is 6.55. The number of ether oxygens (including phenoxy) is 1. The number of piperazine rings is 1. The Morgan fingerprint density at radius 2 is 1.58 bits per heavy atom. The number of fused-ring (bicyclic) bond motifs is 1. The van der Waals surface area contributed by atoms with Gasteiger partial charge in [-0.3, -0.25) is 14.4 Å². The number of rotatable bonds is 10. The molecular formula is C37H36F3N3O5. The molecule has 2 heterocycles. The third kappa shape index (κ3) is 6.95. The molecule has 0 saturated carbocycles. The molecule has 1 aliphatic carbocycles. The van der Waals surface area contributed by atoms with Crippen molar-refractivity contribution in [1.82, 2.24) is 10.2 Å². The summed E-state index contributed by atoms with van der Waals surface area (Å²) in [6, 6.07) is 21.7. The number of carbonyl (C=O) groups is 3. The molecule has 3 unspecified atom stereocenters. The molecule has 2 N–H and O–H groups in total. The van der Waals surface area contributed by atoms with Crippen LogP contribution in [0.4, 0.5) is 18.9 Å². The molecule has 3 amide bonds. The van der Waals surface area contributed by atoms with Crippen LogP contribution in [0.5, 0.6) is 5.75 Å². The summed E-state index contributed by atoms with van der Waals surface area (Å²) in [5.41, 5.74) is 3.24. The van der Waals surface area contributed by atoms with Gasteiger partial charge in [0.15, 0.2) is 6.04 Å². The van der Waals surface area contributed by atoms with Crippen molar-refractivity contribution in [3.05, 3.63) is 119 Å². The highest BCUT2D eigenvalue weighted by Gasteiger charge is 2.51. The Balaban J connectivity index is 1.37. The maximum atomic E-state index is 14.5. The van der Waals surface area contributed by atoms with Crippen LogP contribution < -0.4 is 15.4 Å². The van der Waals surface area contributed by atoms with E-state index in [-0.39, 0.29) is 30.6 Å². The Hall–Kier alpha value is -5.06. The van der Waals surface area contributed by atoms with Crippen LogP contribution in [-0.4, -0.2) is 34.7 Å². The molecule has 3 atom stereocenters. The average molecular weight is 660 g/mol. The minimum Gasteiger partial charge on any atom is -0.487 e. The molecule has 1 aliphatic heterocycles. The predicted molar refractivity (Wildman–Crippen MR) is 172 cm³/mol. The molecule has 2 aliphatic rings. The largest absolute Gasteiger partial charge is 0.487 e. The van der Waals surface area contributed by atoms with Gasteiger partial charge in [-0.1, -0.05) is 80.6 Å². The maximum absolute atomic E-state index is 14.5. The molecule has 8 nitrogen and oxygen atoms in total. The third-order valence-corrected chi connectivity index (χ3v) is 8.79. The second kappa shape index (κ2) is 13.6. The normalized spacial score (nSPS) is 18.8. The lowest BCUT2D eigenvalue weighted by Crippen LogP contribution is -2.67. The molecule has 1 saturated heterocycles. The second-order valence-corrected chi connectivity index (χ2v) is 12.7. The van der Waals surface area contributed by atoms with Crippen molar-refractivity contribution in [1.29, 1.82) is 0 Å². The number of alkyl halides is 3. The van der Waals surface area contributed by atoms with Crippen LogP contribution in [0.2, 0.25) is 0 Å². The van der Waals surface area contributed by atoms with Crippen LogP contribution in [0.1, 0.15) is 54.5 Å². The van der Waals surface area contributed by atoms with Crippen LogP contribution in [0, 0.1) is 11.8 Å². The fourth-order valence-corrected chi connectivity index (χ4v) is 6.55. The van der Waals surface area contributed by atoms with E-state index in [4.69, 9.17) is 9.15 Å². The SMILES string of the molecule is CC(C)CC1C(=O)NC(C2Cc3ccccc3C2)C(=O)N1C(C(=O)Nc1ccccc1OCc1ccccc1)c1ccc(C(F)(F)F)o1. The Bertz CT molecular complexity index is 1760. The summed E-state index contributed by atoms with van der Waals surface area (Å²) in [6.45, 7) is 3.91. The van der Waals surface area contributed by atoms with E-state index in [1.54, 1.807) is 24.3 Å². The standard InChI is InChI=1S/C37H36F3N3O5/c1-22(2)18-28-34(44)42-32(26-19-24-12-6-7-13-25(24)20-26)36(46)43(28)33(30-16-17-31(48-30)37(38,39)40)35(45)41-27-14-8-9-15-29(27)47-21-23-10-4-3-5-11-23/h3-17,22,26,28,32-33H,18-21H2,1-2H3,(H,41,45)(H,42,44). The molecule has 0 bridgehead atoms. The van der Waals surface area contributed by atoms with Crippen LogP contribution in [0.3, 0.4) is 0 Å². The van der Waals surface area contributed by atoms with Crippen LogP contribution in [0.25, 0.3) is 0 Å². The van der Waals surface area contributed by atoms with E-state index in [1.165, 1.54) is 0 Å². The highest BCUT2D eigenvalue weighted by atomic mass is 19.4. The number of carbonyl (C=O) groups excluding carboxylic acids is 3. The molecule has 48 heavy (non-hydrogen) atoms. The topological polar surface area (TPSA) is 101 Å². The first-order valence-corrected chi connectivity index (χ1v) is 15.9. The van der Waals surface area contributed by atoms with Crippen molar-refractivity contribution in [3.63, 3.8) is 0 Å². The first kappa shape index (κ1) is 32.9. The number of hydrogen-bond acceptors (Lipinski definition) is 5. The van der Waals surface area contributed by atoms with Crippen LogP contribution >= 0.6 is 0 Å². The van der Waals surface area contributed by atoms with Gasteiger partial charge in [0.2, 0.25) is 17.6 Å². The van der Waals surface area contributed by atoms with Gasteiger partial charge in [0.05, 0.1) is 5.69 Å². The van der Waals surface area contributed by atoms with Gasteiger partial charge in [0.1, 0.15) is 30.2 Å². The molecule has 0 radical (unpaired) electrons. The van der Waals surface area contributed by atoms with Gasteiger partial charge in [0, 0.05) is 0 Å². The van der Waals surface area contributed by atoms with E-state index in [2.05, 4.69) is 10.6 Å². The number of halogens is 3. The molecule has 3 aromatic carbocycles. The number of furan rings is 1. The summed E-state index contributed by atoms with van der Waals surface area (Å²) in [5, 5.41) is 5.67. The lowest BCUT2D eigenvalue weighted by Gasteiger charge is -2.44. The van der Waals surface area contributed by atoms with Crippen molar-refractivity contribution in [2.24, 2.45) is 11.8 Å². The molecule has 0 spiro atoms. The monoisotopic (exact) mass is 659 g/mol. The van der Waals surface area contributed by atoms with Crippen molar-refractivity contribution in [3.8, 4) is 5.75 Å². The average Bonchev–Trinajstić information content (AvgIpc) is 3.72. The quantitative estimate of drug-likeness (QED) is 0.197. The second-order valence-electron chi connectivity index (χ2n) is 12.7. The van der Waals surface area contributed by atoms with E-state index in [0.717, 1.165) is 33.7 Å². The number of benzene rings is 3. The first-order valence-electron chi connectivity index (χ1n) is 15.9. The van der Waals surface area contributed by atoms with Crippen molar-refractivity contribution in [2.75, 3.05) is 5.32 Å². The number of nitrogens with zero attached hydrogens (tertiary/aromatic N) is 1. The molecule has 1 aromatic heterocycles. The lowest BCUT2D eigenvalue weighted by molar-refractivity contribution is -0.159. The fraction of sp³-hybridized carbons (Fsp3) is 0.324. The van der Waals surface area contributed by atoms with E-state index in [9.17, 15) is 27.6 Å². The highest BCUT2D eigenvalue weighted by molar-refractivity contribution is 6.03. The predicted octanol–water partition coefficient (Wildman–Crippen LogP) is 6.71.